The fourth-order valence-corrected chi connectivity index (χ4v) is 1.69. The Morgan fingerprint density at radius 3 is 2.61 bits per heavy atom. The molecule has 0 amide bonds. The van der Waals surface area contributed by atoms with E-state index in [-0.39, 0.29) is 0 Å². The third kappa shape index (κ3) is 2.82. The number of hydrogen-bond donors (Lipinski definition) is 0. The summed E-state index contributed by atoms with van der Waals surface area (Å²) in [5.41, 5.74) is 1.04. The minimum atomic E-state index is 0.566. The van der Waals surface area contributed by atoms with Crippen molar-refractivity contribution in [3.8, 4) is 0 Å². The second-order valence-corrected chi connectivity index (χ2v) is 4.20. The van der Waals surface area contributed by atoms with Gasteiger partial charge >= 0.3 is 0 Å². The topological polar surface area (TPSA) is 67.9 Å². The molecule has 0 unspecified atom stereocenters. The molecule has 2 rings (SSSR count). The molecule has 0 N–H and O–H groups in total. The summed E-state index contributed by atoms with van der Waals surface area (Å²) < 4.78 is 4.95. The minimum Gasteiger partial charge on any atom is -0.352 e. The molecule has 2 heterocycles. The van der Waals surface area contributed by atoms with E-state index in [9.17, 15) is 0 Å². The number of aryl methyl sites for hydroxylation is 3. The van der Waals surface area contributed by atoms with E-state index in [0.717, 1.165) is 23.8 Å². The summed E-state index contributed by atoms with van der Waals surface area (Å²) in [7, 11) is 1.95. The third-order valence-electron chi connectivity index (χ3n) is 2.58. The first kappa shape index (κ1) is 12.5. The Kier molecular flexibility index (Phi) is 3.55. The van der Waals surface area contributed by atoms with Crippen LogP contribution in [0.1, 0.15) is 30.2 Å². The van der Waals surface area contributed by atoms with Gasteiger partial charge in [0.15, 0.2) is 5.82 Å². The van der Waals surface area contributed by atoms with Crippen LogP contribution < -0.4 is 4.90 Å². The zero-order chi connectivity index (χ0) is 13.1. The van der Waals surface area contributed by atoms with E-state index in [4.69, 9.17) is 4.52 Å². The molecule has 2 aromatic rings. The Bertz CT molecular complexity index is 537. The molecule has 2 aromatic heterocycles. The van der Waals surface area contributed by atoms with Crippen molar-refractivity contribution in [3.05, 3.63) is 29.3 Å². The van der Waals surface area contributed by atoms with Crippen molar-refractivity contribution in [2.75, 3.05) is 11.9 Å². The van der Waals surface area contributed by atoms with E-state index in [1.807, 2.05) is 24.9 Å². The van der Waals surface area contributed by atoms with Crippen LogP contribution in [-0.4, -0.2) is 27.2 Å². The molecule has 6 heteroatoms. The van der Waals surface area contributed by atoms with Crippen LogP contribution in [0.25, 0.3) is 0 Å². The maximum atomic E-state index is 4.95. The SMILES string of the molecule is CCc1cc(N(C)Cc2noc(C)n2)nc(C)n1. The molecule has 0 saturated carbocycles. The van der Waals surface area contributed by atoms with E-state index >= 15 is 0 Å². The molecule has 0 atom stereocenters. The van der Waals surface area contributed by atoms with Gasteiger partial charge in [0.05, 0.1) is 6.54 Å². The Hall–Kier alpha value is -1.98. The maximum absolute atomic E-state index is 4.95. The predicted molar refractivity (Wildman–Crippen MR) is 67.3 cm³/mol. The molecule has 0 radical (unpaired) electrons. The van der Waals surface area contributed by atoms with Gasteiger partial charge in [-0.3, -0.25) is 0 Å². The lowest BCUT2D eigenvalue weighted by Crippen LogP contribution is -2.19. The quantitative estimate of drug-likeness (QED) is 0.818. The number of nitrogens with zero attached hydrogens (tertiary/aromatic N) is 5. The molecule has 96 valence electrons. The monoisotopic (exact) mass is 247 g/mol. The summed E-state index contributed by atoms with van der Waals surface area (Å²) in [4.78, 5) is 14.9. The van der Waals surface area contributed by atoms with Crippen LogP contribution in [0.5, 0.6) is 0 Å². The van der Waals surface area contributed by atoms with Gasteiger partial charge in [-0.05, 0) is 13.3 Å². The van der Waals surface area contributed by atoms with Gasteiger partial charge in [-0.2, -0.15) is 4.98 Å². The van der Waals surface area contributed by atoms with Crippen molar-refractivity contribution in [2.24, 2.45) is 0 Å². The Balaban J connectivity index is 2.17. The van der Waals surface area contributed by atoms with Crippen molar-refractivity contribution >= 4 is 5.82 Å². The molecule has 0 aromatic carbocycles. The Labute approximate surface area is 106 Å². The highest BCUT2D eigenvalue weighted by molar-refractivity contribution is 5.38. The van der Waals surface area contributed by atoms with Gasteiger partial charge in [0.1, 0.15) is 11.6 Å². The molecule has 0 saturated heterocycles. The largest absolute Gasteiger partial charge is 0.352 e. The van der Waals surface area contributed by atoms with Crippen LogP contribution in [0, 0.1) is 13.8 Å². The Morgan fingerprint density at radius 2 is 2.00 bits per heavy atom. The summed E-state index contributed by atoms with van der Waals surface area (Å²) in [6, 6.07) is 1.99. The van der Waals surface area contributed by atoms with Crippen LogP contribution in [-0.2, 0) is 13.0 Å². The molecule has 0 aliphatic carbocycles. The van der Waals surface area contributed by atoms with E-state index in [0.29, 0.717) is 18.3 Å². The van der Waals surface area contributed by atoms with Gasteiger partial charge < -0.3 is 9.42 Å². The van der Waals surface area contributed by atoms with Gasteiger partial charge in [0.25, 0.3) is 0 Å². The average molecular weight is 247 g/mol. The zero-order valence-electron chi connectivity index (χ0n) is 11.1. The smallest absolute Gasteiger partial charge is 0.223 e. The summed E-state index contributed by atoms with van der Waals surface area (Å²) >= 11 is 0. The van der Waals surface area contributed by atoms with E-state index < -0.39 is 0 Å². The molecule has 0 fully saturated rings. The minimum absolute atomic E-state index is 0.566. The molecule has 0 bridgehead atoms. The van der Waals surface area contributed by atoms with Crippen molar-refractivity contribution in [1.29, 1.82) is 0 Å². The molecule has 0 aliphatic heterocycles. The van der Waals surface area contributed by atoms with Crippen molar-refractivity contribution in [2.45, 2.75) is 33.7 Å². The summed E-state index contributed by atoms with van der Waals surface area (Å²) in [6.45, 7) is 6.32. The number of rotatable bonds is 4. The second kappa shape index (κ2) is 5.12. The highest BCUT2D eigenvalue weighted by atomic mass is 16.5. The van der Waals surface area contributed by atoms with Gasteiger partial charge in [-0.15, -0.1) is 0 Å². The van der Waals surface area contributed by atoms with Gasteiger partial charge in [-0.1, -0.05) is 12.1 Å². The summed E-state index contributed by atoms with van der Waals surface area (Å²) in [5, 5.41) is 3.88. The standard InChI is InChI=1S/C12H17N5O/c1-5-10-6-12(14-8(2)13-10)17(4)7-11-15-9(3)18-16-11/h6H,5,7H2,1-4H3. The van der Waals surface area contributed by atoms with E-state index in [1.165, 1.54) is 0 Å². The normalized spacial score (nSPS) is 10.7. The third-order valence-corrected chi connectivity index (χ3v) is 2.58. The molecular weight excluding hydrogens is 230 g/mol. The number of hydrogen-bond acceptors (Lipinski definition) is 6. The Morgan fingerprint density at radius 1 is 1.22 bits per heavy atom. The molecule has 0 spiro atoms. The molecule has 6 nitrogen and oxygen atoms in total. The summed E-state index contributed by atoms with van der Waals surface area (Å²) in [6.07, 6.45) is 0.894. The molecular formula is C12H17N5O. The second-order valence-electron chi connectivity index (χ2n) is 4.20. The lowest BCUT2D eigenvalue weighted by molar-refractivity contribution is 0.387. The van der Waals surface area contributed by atoms with Crippen LogP contribution in [0.15, 0.2) is 10.6 Å². The molecule has 0 aliphatic rings. The average Bonchev–Trinajstić information content (AvgIpc) is 2.73. The first-order valence-electron chi connectivity index (χ1n) is 5.93. The van der Waals surface area contributed by atoms with Crippen LogP contribution in [0.2, 0.25) is 0 Å². The van der Waals surface area contributed by atoms with Crippen LogP contribution in [0.3, 0.4) is 0 Å². The highest BCUT2D eigenvalue weighted by Crippen LogP contribution is 2.13. The lowest BCUT2D eigenvalue weighted by atomic mass is 10.3. The fourth-order valence-electron chi connectivity index (χ4n) is 1.69. The van der Waals surface area contributed by atoms with Gasteiger partial charge in [0, 0.05) is 25.7 Å². The van der Waals surface area contributed by atoms with Gasteiger partial charge in [0.2, 0.25) is 5.89 Å². The molecule has 18 heavy (non-hydrogen) atoms. The predicted octanol–water partition coefficient (Wildman–Crippen LogP) is 1.68. The first-order chi connectivity index (χ1) is 8.58. The number of aromatic nitrogens is 4. The lowest BCUT2D eigenvalue weighted by Gasteiger charge is -2.17. The van der Waals surface area contributed by atoms with Gasteiger partial charge in [-0.25, -0.2) is 9.97 Å². The van der Waals surface area contributed by atoms with Crippen LogP contribution >= 0.6 is 0 Å². The van der Waals surface area contributed by atoms with Crippen LogP contribution in [0.4, 0.5) is 5.82 Å². The van der Waals surface area contributed by atoms with Crippen molar-refractivity contribution < 1.29 is 4.52 Å². The van der Waals surface area contributed by atoms with Crippen molar-refractivity contribution in [1.82, 2.24) is 20.1 Å². The zero-order valence-corrected chi connectivity index (χ0v) is 11.1. The van der Waals surface area contributed by atoms with Crippen molar-refractivity contribution in [3.63, 3.8) is 0 Å². The fraction of sp³-hybridized carbons (Fsp3) is 0.500. The summed E-state index contributed by atoms with van der Waals surface area (Å²) in [5.74, 6) is 2.89. The first-order valence-corrected chi connectivity index (χ1v) is 5.93. The maximum Gasteiger partial charge on any atom is 0.223 e. The van der Waals surface area contributed by atoms with E-state index in [2.05, 4.69) is 27.0 Å². The van der Waals surface area contributed by atoms with E-state index in [1.54, 1.807) is 6.92 Å². The highest BCUT2D eigenvalue weighted by Gasteiger charge is 2.10. The number of anilines is 1.